The highest BCUT2D eigenvalue weighted by Crippen LogP contribution is 2.11. The lowest BCUT2D eigenvalue weighted by Crippen LogP contribution is -2.33. The molecular formula is C12H25NO. The van der Waals surface area contributed by atoms with E-state index in [0.29, 0.717) is 12.1 Å². The summed E-state index contributed by atoms with van der Waals surface area (Å²) < 4.78 is 5.57. The molecule has 1 rings (SSSR count). The number of nitrogens with one attached hydrogen (secondary N) is 1. The lowest BCUT2D eigenvalue weighted by molar-refractivity contribution is 0.107. The van der Waals surface area contributed by atoms with Crippen LogP contribution in [-0.4, -0.2) is 25.3 Å². The van der Waals surface area contributed by atoms with Gasteiger partial charge in [0.05, 0.1) is 6.10 Å². The van der Waals surface area contributed by atoms with Gasteiger partial charge in [0, 0.05) is 19.2 Å². The number of ether oxygens (including phenoxy) is 1. The standard InChI is InChI=1S/C12H25NO/c1-3-4-5-7-11(2)13-10-12-8-6-9-14-12/h11-13H,3-10H2,1-2H3/t11-,12+/m0/s1. The quantitative estimate of drug-likeness (QED) is 0.637. The molecule has 1 N–H and O–H groups in total. The molecule has 2 nitrogen and oxygen atoms in total. The average molecular weight is 199 g/mol. The summed E-state index contributed by atoms with van der Waals surface area (Å²) in [6, 6.07) is 0.658. The van der Waals surface area contributed by atoms with Gasteiger partial charge < -0.3 is 10.1 Å². The highest BCUT2D eigenvalue weighted by atomic mass is 16.5. The second-order valence-corrected chi connectivity index (χ2v) is 4.44. The van der Waals surface area contributed by atoms with Crippen molar-refractivity contribution >= 4 is 0 Å². The van der Waals surface area contributed by atoms with Crippen molar-refractivity contribution in [3.63, 3.8) is 0 Å². The third-order valence-electron chi connectivity index (χ3n) is 2.96. The monoisotopic (exact) mass is 199 g/mol. The number of hydrogen-bond donors (Lipinski definition) is 1. The smallest absolute Gasteiger partial charge is 0.0700 e. The fraction of sp³-hybridized carbons (Fsp3) is 1.00. The minimum Gasteiger partial charge on any atom is -0.377 e. The normalized spacial score (nSPS) is 24.0. The predicted octanol–water partition coefficient (Wildman–Crippen LogP) is 2.72. The van der Waals surface area contributed by atoms with Crippen molar-refractivity contribution in [1.29, 1.82) is 0 Å². The van der Waals surface area contributed by atoms with E-state index in [1.807, 2.05) is 0 Å². The van der Waals surface area contributed by atoms with Crippen LogP contribution in [0.4, 0.5) is 0 Å². The van der Waals surface area contributed by atoms with E-state index in [1.165, 1.54) is 38.5 Å². The summed E-state index contributed by atoms with van der Waals surface area (Å²) in [4.78, 5) is 0. The van der Waals surface area contributed by atoms with Crippen LogP contribution in [0.5, 0.6) is 0 Å². The summed E-state index contributed by atoms with van der Waals surface area (Å²) in [5.41, 5.74) is 0. The Bertz CT molecular complexity index is 132. The summed E-state index contributed by atoms with van der Waals surface area (Å²) in [5, 5.41) is 3.56. The van der Waals surface area contributed by atoms with Crippen LogP contribution in [0.1, 0.15) is 52.4 Å². The van der Waals surface area contributed by atoms with Crippen LogP contribution < -0.4 is 5.32 Å². The molecule has 0 unspecified atom stereocenters. The Kier molecular flexibility index (Phi) is 6.20. The highest BCUT2D eigenvalue weighted by molar-refractivity contribution is 4.70. The zero-order valence-electron chi connectivity index (χ0n) is 9.72. The van der Waals surface area contributed by atoms with Crippen LogP contribution in [0.25, 0.3) is 0 Å². The molecule has 0 radical (unpaired) electrons. The van der Waals surface area contributed by atoms with E-state index in [2.05, 4.69) is 19.2 Å². The summed E-state index contributed by atoms with van der Waals surface area (Å²) >= 11 is 0. The van der Waals surface area contributed by atoms with Crippen molar-refractivity contribution in [2.75, 3.05) is 13.2 Å². The molecule has 1 aliphatic heterocycles. The number of rotatable bonds is 7. The van der Waals surface area contributed by atoms with E-state index < -0.39 is 0 Å². The average Bonchev–Trinajstić information content (AvgIpc) is 2.68. The molecule has 0 saturated carbocycles. The molecule has 14 heavy (non-hydrogen) atoms. The molecule has 0 aliphatic carbocycles. The molecule has 1 heterocycles. The maximum absolute atomic E-state index is 5.57. The third-order valence-corrected chi connectivity index (χ3v) is 2.96. The van der Waals surface area contributed by atoms with E-state index in [0.717, 1.165) is 13.2 Å². The topological polar surface area (TPSA) is 21.3 Å². The summed E-state index contributed by atoms with van der Waals surface area (Å²) in [6.07, 6.45) is 8.33. The van der Waals surface area contributed by atoms with E-state index in [-0.39, 0.29) is 0 Å². The molecule has 1 aliphatic rings. The van der Waals surface area contributed by atoms with Crippen LogP contribution in [0, 0.1) is 0 Å². The molecule has 0 spiro atoms. The molecule has 0 aromatic rings. The first-order valence-electron chi connectivity index (χ1n) is 6.18. The molecule has 2 atom stereocenters. The molecule has 1 fully saturated rings. The zero-order valence-corrected chi connectivity index (χ0v) is 9.72. The van der Waals surface area contributed by atoms with Crippen LogP contribution >= 0.6 is 0 Å². The largest absolute Gasteiger partial charge is 0.377 e. The predicted molar refractivity (Wildman–Crippen MR) is 60.6 cm³/mol. The molecule has 1 saturated heterocycles. The lowest BCUT2D eigenvalue weighted by atomic mass is 10.1. The number of unbranched alkanes of at least 4 members (excludes halogenated alkanes) is 2. The first-order chi connectivity index (χ1) is 6.83. The van der Waals surface area contributed by atoms with Gasteiger partial charge in [-0.2, -0.15) is 0 Å². The zero-order chi connectivity index (χ0) is 10.2. The van der Waals surface area contributed by atoms with Crippen LogP contribution in [0.15, 0.2) is 0 Å². The van der Waals surface area contributed by atoms with Crippen LogP contribution in [-0.2, 0) is 4.74 Å². The Morgan fingerprint density at radius 1 is 1.43 bits per heavy atom. The van der Waals surface area contributed by atoms with E-state index in [1.54, 1.807) is 0 Å². The van der Waals surface area contributed by atoms with E-state index in [9.17, 15) is 0 Å². The van der Waals surface area contributed by atoms with Gasteiger partial charge in [0.1, 0.15) is 0 Å². The van der Waals surface area contributed by atoms with Gasteiger partial charge in [-0.1, -0.05) is 26.2 Å². The molecule has 0 bridgehead atoms. The van der Waals surface area contributed by atoms with Crippen molar-refractivity contribution < 1.29 is 4.74 Å². The maximum Gasteiger partial charge on any atom is 0.0700 e. The fourth-order valence-electron chi connectivity index (χ4n) is 1.94. The Balaban J connectivity index is 1.93. The third kappa shape index (κ3) is 4.97. The van der Waals surface area contributed by atoms with Crippen molar-refractivity contribution in [3.05, 3.63) is 0 Å². The van der Waals surface area contributed by atoms with Crippen molar-refractivity contribution in [2.24, 2.45) is 0 Å². The van der Waals surface area contributed by atoms with Crippen molar-refractivity contribution in [1.82, 2.24) is 5.32 Å². The van der Waals surface area contributed by atoms with Crippen LogP contribution in [0.2, 0.25) is 0 Å². The van der Waals surface area contributed by atoms with Gasteiger partial charge in [-0.05, 0) is 26.2 Å². The summed E-state index contributed by atoms with van der Waals surface area (Å²) in [6.45, 7) is 6.55. The Morgan fingerprint density at radius 2 is 2.29 bits per heavy atom. The van der Waals surface area contributed by atoms with Crippen molar-refractivity contribution in [3.8, 4) is 0 Å². The number of hydrogen-bond acceptors (Lipinski definition) is 2. The summed E-state index contributed by atoms with van der Waals surface area (Å²) in [5.74, 6) is 0. The molecular weight excluding hydrogens is 174 g/mol. The molecule has 84 valence electrons. The molecule has 0 aromatic heterocycles. The van der Waals surface area contributed by atoms with Gasteiger partial charge in [-0.15, -0.1) is 0 Å². The second kappa shape index (κ2) is 7.24. The fourth-order valence-corrected chi connectivity index (χ4v) is 1.94. The molecule has 2 heteroatoms. The Hall–Kier alpha value is -0.0800. The van der Waals surface area contributed by atoms with E-state index in [4.69, 9.17) is 4.74 Å². The summed E-state index contributed by atoms with van der Waals surface area (Å²) in [7, 11) is 0. The van der Waals surface area contributed by atoms with Gasteiger partial charge >= 0.3 is 0 Å². The second-order valence-electron chi connectivity index (χ2n) is 4.44. The van der Waals surface area contributed by atoms with Gasteiger partial charge in [-0.25, -0.2) is 0 Å². The highest BCUT2D eigenvalue weighted by Gasteiger charge is 2.15. The lowest BCUT2D eigenvalue weighted by Gasteiger charge is -2.16. The first kappa shape index (κ1) is 12.0. The van der Waals surface area contributed by atoms with Gasteiger partial charge in [0.2, 0.25) is 0 Å². The van der Waals surface area contributed by atoms with E-state index >= 15 is 0 Å². The van der Waals surface area contributed by atoms with Crippen molar-refractivity contribution in [2.45, 2.75) is 64.5 Å². The molecule has 0 aromatic carbocycles. The maximum atomic E-state index is 5.57. The minimum absolute atomic E-state index is 0.489. The first-order valence-corrected chi connectivity index (χ1v) is 6.18. The minimum atomic E-state index is 0.489. The van der Waals surface area contributed by atoms with Gasteiger partial charge in [0.15, 0.2) is 0 Å². The van der Waals surface area contributed by atoms with Gasteiger partial charge in [0.25, 0.3) is 0 Å². The van der Waals surface area contributed by atoms with Crippen LogP contribution in [0.3, 0.4) is 0 Å². The molecule has 0 amide bonds. The Labute approximate surface area is 88.4 Å². The Morgan fingerprint density at radius 3 is 2.93 bits per heavy atom. The SMILES string of the molecule is CCCCC[C@H](C)NC[C@H]1CCCO1. The van der Waals surface area contributed by atoms with Gasteiger partial charge in [-0.3, -0.25) is 0 Å².